The minimum atomic E-state index is -0.810. The fourth-order valence-corrected chi connectivity index (χ4v) is 5.95. The number of ether oxygens (including phenoxy) is 4. The third-order valence-electron chi connectivity index (χ3n) is 6.56. The average molecular weight is 575 g/mol. The molecular formula is C30H23ClN2O6S. The van der Waals surface area contributed by atoms with Gasteiger partial charge in [-0.15, -0.1) is 0 Å². The zero-order valence-corrected chi connectivity index (χ0v) is 23.1. The molecule has 0 aliphatic carbocycles. The van der Waals surface area contributed by atoms with Crippen LogP contribution >= 0.6 is 22.9 Å². The van der Waals surface area contributed by atoms with Crippen molar-refractivity contribution in [1.82, 2.24) is 4.57 Å². The molecule has 2 aliphatic rings. The lowest BCUT2D eigenvalue weighted by molar-refractivity contribution is -0.138. The number of carbonyl (C=O) groups is 1. The molecule has 0 saturated carbocycles. The van der Waals surface area contributed by atoms with Crippen LogP contribution in [0.4, 0.5) is 0 Å². The van der Waals surface area contributed by atoms with Crippen LogP contribution in [0.3, 0.4) is 0 Å². The van der Waals surface area contributed by atoms with Gasteiger partial charge in [0.2, 0.25) is 6.79 Å². The molecule has 1 atom stereocenters. The molecule has 3 heterocycles. The first kappa shape index (κ1) is 25.9. The van der Waals surface area contributed by atoms with Gasteiger partial charge in [0.15, 0.2) is 16.3 Å². The van der Waals surface area contributed by atoms with Gasteiger partial charge in [-0.1, -0.05) is 65.4 Å². The molecule has 8 nitrogen and oxygen atoms in total. The predicted octanol–water partition coefficient (Wildman–Crippen LogP) is 4.33. The summed E-state index contributed by atoms with van der Waals surface area (Å²) in [6.07, 6.45) is 1.70. The molecule has 0 N–H and O–H groups in total. The number of halogens is 1. The maximum absolute atomic E-state index is 14.0. The van der Waals surface area contributed by atoms with Crippen LogP contribution in [0, 0.1) is 0 Å². The number of thiazole rings is 1. The van der Waals surface area contributed by atoms with E-state index in [0.29, 0.717) is 48.4 Å². The number of hydrogen-bond acceptors (Lipinski definition) is 8. The monoisotopic (exact) mass is 574 g/mol. The Balaban J connectivity index is 1.64. The average Bonchev–Trinajstić information content (AvgIpc) is 3.56. The van der Waals surface area contributed by atoms with Gasteiger partial charge >= 0.3 is 5.97 Å². The first-order valence-corrected chi connectivity index (χ1v) is 13.7. The van der Waals surface area contributed by atoms with E-state index in [9.17, 15) is 9.59 Å². The van der Waals surface area contributed by atoms with Gasteiger partial charge in [-0.2, -0.15) is 0 Å². The van der Waals surface area contributed by atoms with Crippen LogP contribution in [0.2, 0.25) is 5.02 Å². The fourth-order valence-electron chi connectivity index (χ4n) is 4.75. The number of esters is 1. The Bertz CT molecular complexity index is 1840. The van der Waals surface area contributed by atoms with E-state index < -0.39 is 12.0 Å². The molecule has 0 fully saturated rings. The number of benzene rings is 3. The van der Waals surface area contributed by atoms with Gasteiger partial charge in [0.25, 0.3) is 5.56 Å². The van der Waals surface area contributed by atoms with Crippen molar-refractivity contribution in [3.63, 3.8) is 0 Å². The Morgan fingerprint density at radius 3 is 2.65 bits per heavy atom. The third kappa shape index (κ3) is 4.57. The maximum Gasteiger partial charge on any atom is 0.338 e. The summed E-state index contributed by atoms with van der Waals surface area (Å²) in [7, 11) is 1.57. The van der Waals surface area contributed by atoms with Crippen LogP contribution in [0.15, 0.2) is 82.1 Å². The zero-order chi connectivity index (χ0) is 27.8. The van der Waals surface area contributed by atoms with Crippen LogP contribution in [0.5, 0.6) is 17.2 Å². The largest absolute Gasteiger partial charge is 0.497 e. The van der Waals surface area contributed by atoms with Crippen molar-refractivity contribution in [2.24, 2.45) is 4.99 Å². The van der Waals surface area contributed by atoms with Gasteiger partial charge in [0.05, 0.1) is 40.6 Å². The summed E-state index contributed by atoms with van der Waals surface area (Å²) in [5, 5.41) is 0.414. The normalized spacial score (nSPS) is 16.0. The molecule has 0 amide bonds. The van der Waals surface area contributed by atoms with E-state index in [1.807, 2.05) is 48.5 Å². The number of methoxy groups -OCH3 is 1. The van der Waals surface area contributed by atoms with Crippen LogP contribution in [0.25, 0.3) is 11.8 Å². The van der Waals surface area contributed by atoms with Crippen LogP contribution in [-0.2, 0) is 9.53 Å². The van der Waals surface area contributed by atoms with E-state index in [0.717, 1.165) is 5.56 Å². The molecule has 0 unspecified atom stereocenters. The molecule has 40 heavy (non-hydrogen) atoms. The van der Waals surface area contributed by atoms with E-state index in [2.05, 4.69) is 0 Å². The lowest BCUT2D eigenvalue weighted by Gasteiger charge is -2.26. The number of fused-ring (bicyclic) bond motifs is 2. The lowest BCUT2D eigenvalue weighted by atomic mass is 9.93. The summed E-state index contributed by atoms with van der Waals surface area (Å²) in [5.41, 5.74) is 2.40. The Morgan fingerprint density at radius 1 is 1.12 bits per heavy atom. The molecule has 0 spiro atoms. The first-order chi connectivity index (χ1) is 19.5. The van der Waals surface area contributed by atoms with E-state index >= 15 is 0 Å². The molecule has 0 saturated heterocycles. The highest BCUT2D eigenvalue weighted by atomic mass is 35.5. The first-order valence-electron chi connectivity index (χ1n) is 12.5. The Hall–Kier alpha value is -4.34. The highest BCUT2D eigenvalue weighted by Crippen LogP contribution is 2.38. The Kier molecular flexibility index (Phi) is 6.91. The molecular weight excluding hydrogens is 552 g/mol. The molecule has 0 bridgehead atoms. The molecule has 1 aromatic heterocycles. The standard InChI is InChI=1S/C30H23ClN2O6S/c1-3-37-29(35)25-26(17-8-5-4-6-9-17)32-30-33(27(25)18-10-7-11-20(12-18)36-2)28(34)24(40-30)14-19-13-22-23(15-21(19)31)39-16-38-22/h4-15,27H,3,16H2,1-2H3/b24-14-/t27-/m1/s1. The summed E-state index contributed by atoms with van der Waals surface area (Å²) in [6, 6.07) is 19.3. The number of nitrogens with zero attached hydrogens (tertiary/aromatic N) is 2. The predicted molar refractivity (Wildman–Crippen MR) is 152 cm³/mol. The van der Waals surface area contributed by atoms with E-state index in [1.165, 1.54) is 15.9 Å². The van der Waals surface area contributed by atoms with Gasteiger partial charge < -0.3 is 18.9 Å². The van der Waals surface area contributed by atoms with Gasteiger partial charge in [0.1, 0.15) is 5.75 Å². The van der Waals surface area contributed by atoms with Crippen molar-refractivity contribution in [3.05, 3.63) is 114 Å². The summed E-state index contributed by atoms with van der Waals surface area (Å²) in [4.78, 5) is 32.9. The van der Waals surface area contributed by atoms with Crippen molar-refractivity contribution < 1.29 is 23.7 Å². The molecule has 0 radical (unpaired) electrons. The van der Waals surface area contributed by atoms with Gasteiger partial charge in [-0.05, 0) is 42.3 Å². The molecule has 10 heteroatoms. The number of carbonyl (C=O) groups excluding carboxylic acids is 1. The smallest absolute Gasteiger partial charge is 0.338 e. The summed E-state index contributed by atoms with van der Waals surface area (Å²) in [6.45, 7) is 2.02. The fraction of sp³-hybridized carbons (Fsp3) is 0.167. The topological polar surface area (TPSA) is 88.4 Å². The van der Waals surface area contributed by atoms with Crippen LogP contribution in [-0.4, -0.2) is 31.0 Å². The second-order valence-corrected chi connectivity index (χ2v) is 10.4. The van der Waals surface area contributed by atoms with E-state index in [4.69, 9.17) is 35.5 Å². The van der Waals surface area contributed by atoms with Gasteiger partial charge in [-0.25, -0.2) is 9.79 Å². The SMILES string of the molecule is CCOC(=O)C1=C(c2ccccc2)N=c2s/c(=C\c3cc4c(cc3Cl)OCO4)c(=O)n2[C@@H]1c1cccc(OC)c1. The van der Waals surface area contributed by atoms with E-state index in [-0.39, 0.29) is 24.5 Å². The molecule has 2 aliphatic heterocycles. The van der Waals surface area contributed by atoms with Gasteiger partial charge in [0, 0.05) is 11.6 Å². The summed E-state index contributed by atoms with van der Waals surface area (Å²) < 4.78 is 23.8. The third-order valence-corrected chi connectivity index (χ3v) is 7.87. The lowest BCUT2D eigenvalue weighted by Crippen LogP contribution is -2.40. The number of aromatic nitrogens is 1. The van der Waals surface area contributed by atoms with Crippen LogP contribution < -0.4 is 29.1 Å². The Labute approximate surface area is 238 Å². The maximum atomic E-state index is 14.0. The quantitative estimate of drug-likeness (QED) is 0.319. The van der Waals surface area contributed by atoms with Crippen LogP contribution in [0.1, 0.15) is 29.7 Å². The minimum absolute atomic E-state index is 0.108. The Morgan fingerprint density at radius 2 is 1.90 bits per heavy atom. The highest BCUT2D eigenvalue weighted by Gasteiger charge is 2.35. The molecule has 4 aromatic rings. The number of rotatable bonds is 6. The zero-order valence-electron chi connectivity index (χ0n) is 21.5. The van der Waals surface area contributed by atoms with Crippen molar-refractivity contribution in [1.29, 1.82) is 0 Å². The molecule has 3 aromatic carbocycles. The minimum Gasteiger partial charge on any atom is -0.497 e. The number of hydrogen-bond donors (Lipinski definition) is 0. The summed E-state index contributed by atoms with van der Waals surface area (Å²) >= 11 is 7.73. The van der Waals surface area contributed by atoms with Crippen molar-refractivity contribution in [3.8, 4) is 17.2 Å². The van der Waals surface area contributed by atoms with Crippen molar-refractivity contribution in [2.45, 2.75) is 13.0 Å². The van der Waals surface area contributed by atoms with E-state index in [1.54, 1.807) is 38.3 Å². The van der Waals surface area contributed by atoms with Crippen molar-refractivity contribution in [2.75, 3.05) is 20.5 Å². The second kappa shape index (κ2) is 10.7. The molecule has 6 rings (SSSR count). The highest BCUT2D eigenvalue weighted by molar-refractivity contribution is 7.07. The van der Waals surface area contributed by atoms with Gasteiger partial charge in [-0.3, -0.25) is 9.36 Å². The summed E-state index contributed by atoms with van der Waals surface area (Å²) in [5.74, 6) is 1.14. The molecule has 202 valence electrons. The second-order valence-electron chi connectivity index (χ2n) is 8.94. The van der Waals surface area contributed by atoms with Crippen molar-refractivity contribution >= 4 is 40.7 Å².